The van der Waals surface area contributed by atoms with Gasteiger partial charge in [0.2, 0.25) is 5.95 Å². The number of para-hydroxylation sites is 1. The molecule has 2 N–H and O–H groups in total. The average molecular weight is 346 g/mol. The zero-order chi connectivity index (χ0) is 18.4. The first kappa shape index (κ1) is 17.6. The molecule has 0 saturated carbocycles. The quantitative estimate of drug-likeness (QED) is 0.699. The van der Waals surface area contributed by atoms with Gasteiger partial charge in [-0.2, -0.15) is 0 Å². The summed E-state index contributed by atoms with van der Waals surface area (Å²) >= 11 is 0. The summed E-state index contributed by atoms with van der Waals surface area (Å²) in [5.74, 6) is 0.278. The third-order valence-corrected chi connectivity index (χ3v) is 4.21. The Morgan fingerprint density at radius 3 is 2.35 bits per heavy atom. The van der Waals surface area contributed by atoms with Crippen LogP contribution in [0.4, 0.5) is 11.6 Å². The number of nitrogens with zero attached hydrogens (tertiary/aromatic N) is 2. The molecule has 26 heavy (non-hydrogen) atoms. The molecule has 0 fully saturated rings. The Balaban J connectivity index is 1.66. The fourth-order valence-corrected chi connectivity index (χ4v) is 2.69. The molecular formula is C21H22N4O. The molecule has 0 saturated heterocycles. The minimum absolute atomic E-state index is 0.0852. The van der Waals surface area contributed by atoms with Crippen LogP contribution in [0.15, 0.2) is 67.0 Å². The number of rotatable bonds is 6. The Hall–Kier alpha value is -3.21. The first-order valence-electron chi connectivity index (χ1n) is 8.70. The largest absolute Gasteiger partial charge is 0.345 e. The van der Waals surface area contributed by atoms with Gasteiger partial charge < -0.3 is 10.6 Å². The van der Waals surface area contributed by atoms with Crippen molar-refractivity contribution in [3.63, 3.8) is 0 Å². The molecule has 1 unspecified atom stereocenters. The molecule has 1 heterocycles. The lowest BCUT2D eigenvalue weighted by atomic mass is 10.1. The number of benzene rings is 2. The molecule has 5 heteroatoms. The fourth-order valence-electron chi connectivity index (χ4n) is 2.69. The van der Waals surface area contributed by atoms with Crippen LogP contribution in [0.25, 0.3) is 0 Å². The van der Waals surface area contributed by atoms with E-state index in [2.05, 4.69) is 33.6 Å². The van der Waals surface area contributed by atoms with Crippen molar-refractivity contribution >= 4 is 17.5 Å². The first-order valence-corrected chi connectivity index (χ1v) is 8.70. The molecule has 0 aliphatic carbocycles. The number of carbonyl (C=O) groups is 1. The topological polar surface area (TPSA) is 66.9 Å². The van der Waals surface area contributed by atoms with Gasteiger partial charge in [0, 0.05) is 18.1 Å². The van der Waals surface area contributed by atoms with Gasteiger partial charge in [-0.1, -0.05) is 55.5 Å². The molecule has 0 aliphatic rings. The molecule has 1 aromatic heterocycles. The van der Waals surface area contributed by atoms with Crippen molar-refractivity contribution in [3.05, 3.63) is 83.7 Å². The van der Waals surface area contributed by atoms with Gasteiger partial charge in [-0.3, -0.25) is 4.79 Å². The Labute approximate surface area is 153 Å². The normalized spacial score (nSPS) is 11.6. The highest BCUT2D eigenvalue weighted by atomic mass is 16.1. The number of aryl methyl sites for hydroxylation is 1. The summed E-state index contributed by atoms with van der Waals surface area (Å²) in [7, 11) is 0. The third kappa shape index (κ3) is 4.25. The minimum atomic E-state index is -0.193. The van der Waals surface area contributed by atoms with Crippen LogP contribution in [0, 0.1) is 0 Å². The number of nitrogens with one attached hydrogen (secondary N) is 2. The van der Waals surface area contributed by atoms with Gasteiger partial charge in [-0.25, -0.2) is 9.97 Å². The van der Waals surface area contributed by atoms with Gasteiger partial charge in [-0.05, 0) is 30.5 Å². The minimum Gasteiger partial charge on any atom is -0.345 e. The molecule has 0 radical (unpaired) electrons. The monoisotopic (exact) mass is 346 g/mol. The van der Waals surface area contributed by atoms with Gasteiger partial charge in [0.25, 0.3) is 5.91 Å². The number of aromatic nitrogens is 2. The second kappa shape index (κ2) is 8.25. The molecule has 0 aliphatic heterocycles. The zero-order valence-corrected chi connectivity index (χ0v) is 14.9. The highest BCUT2D eigenvalue weighted by molar-refractivity contribution is 5.93. The van der Waals surface area contributed by atoms with Crippen LogP contribution in [0.1, 0.15) is 41.4 Å². The molecule has 132 valence electrons. The molecule has 3 rings (SSSR count). The second-order valence-electron chi connectivity index (χ2n) is 6.04. The van der Waals surface area contributed by atoms with E-state index in [0.717, 1.165) is 17.7 Å². The third-order valence-electron chi connectivity index (χ3n) is 4.21. The van der Waals surface area contributed by atoms with Gasteiger partial charge in [-0.15, -0.1) is 0 Å². The smallest absolute Gasteiger partial charge is 0.254 e. The van der Waals surface area contributed by atoms with E-state index in [0.29, 0.717) is 11.5 Å². The van der Waals surface area contributed by atoms with Gasteiger partial charge in [0.05, 0.1) is 11.6 Å². The van der Waals surface area contributed by atoms with Crippen molar-refractivity contribution in [2.45, 2.75) is 26.3 Å². The Morgan fingerprint density at radius 2 is 1.65 bits per heavy atom. The van der Waals surface area contributed by atoms with E-state index >= 15 is 0 Å². The molecule has 5 nitrogen and oxygen atoms in total. The maximum absolute atomic E-state index is 12.4. The highest BCUT2D eigenvalue weighted by Gasteiger charge is 2.12. The Bertz CT molecular complexity index is 863. The number of hydrogen-bond donors (Lipinski definition) is 2. The van der Waals surface area contributed by atoms with E-state index in [1.165, 1.54) is 18.0 Å². The van der Waals surface area contributed by atoms with Crippen molar-refractivity contribution in [2.75, 3.05) is 5.32 Å². The number of carbonyl (C=O) groups excluding carboxylic acids is 1. The summed E-state index contributed by atoms with van der Waals surface area (Å²) in [5, 5.41) is 6.16. The number of anilines is 2. The summed E-state index contributed by atoms with van der Waals surface area (Å²) in [6.45, 7) is 4.05. The van der Waals surface area contributed by atoms with Crippen molar-refractivity contribution in [2.24, 2.45) is 0 Å². The van der Waals surface area contributed by atoms with Crippen molar-refractivity contribution in [3.8, 4) is 0 Å². The molecule has 0 spiro atoms. The average Bonchev–Trinajstić information content (AvgIpc) is 2.69. The summed E-state index contributed by atoms with van der Waals surface area (Å²) in [5.41, 5.74) is 3.65. The summed E-state index contributed by atoms with van der Waals surface area (Å²) in [4.78, 5) is 20.9. The van der Waals surface area contributed by atoms with Crippen LogP contribution in [0.2, 0.25) is 0 Å². The Kier molecular flexibility index (Phi) is 5.59. The van der Waals surface area contributed by atoms with E-state index in [1.807, 2.05) is 55.5 Å². The van der Waals surface area contributed by atoms with Crippen molar-refractivity contribution in [1.29, 1.82) is 0 Å². The SMILES string of the molecule is CCc1ccccc1Nc1ncc(C(=O)NC(C)c2ccccc2)cn1. The van der Waals surface area contributed by atoms with E-state index < -0.39 is 0 Å². The van der Waals surface area contributed by atoms with Crippen LogP contribution in [0.3, 0.4) is 0 Å². The van der Waals surface area contributed by atoms with E-state index in [-0.39, 0.29) is 11.9 Å². The highest BCUT2D eigenvalue weighted by Crippen LogP contribution is 2.19. The predicted octanol–water partition coefficient (Wildman–Crippen LogP) is 4.27. The molecule has 2 aromatic carbocycles. The lowest BCUT2D eigenvalue weighted by Crippen LogP contribution is -2.26. The first-order chi connectivity index (χ1) is 12.7. The predicted molar refractivity (Wildman–Crippen MR) is 103 cm³/mol. The maximum Gasteiger partial charge on any atom is 0.254 e. The van der Waals surface area contributed by atoms with Gasteiger partial charge >= 0.3 is 0 Å². The van der Waals surface area contributed by atoms with E-state index in [1.54, 1.807) is 0 Å². The maximum atomic E-state index is 12.4. The summed E-state index contributed by atoms with van der Waals surface area (Å²) in [6.07, 6.45) is 3.99. The summed E-state index contributed by atoms with van der Waals surface area (Å²) in [6, 6.07) is 17.8. The van der Waals surface area contributed by atoms with Crippen molar-refractivity contribution < 1.29 is 4.79 Å². The molecule has 1 atom stereocenters. The van der Waals surface area contributed by atoms with Crippen LogP contribution in [-0.4, -0.2) is 15.9 Å². The van der Waals surface area contributed by atoms with Crippen molar-refractivity contribution in [1.82, 2.24) is 15.3 Å². The van der Waals surface area contributed by atoms with Gasteiger partial charge in [0.15, 0.2) is 0 Å². The van der Waals surface area contributed by atoms with Crippen LogP contribution >= 0.6 is 0 Å². The fraction of sp³-hybridized carbons (Fsp3) is 0.190. The molecular weight excluding hydrogens is 324 g/mol. The van der Waals surface area contributed by atoms with E-state index in [4.69, 9.17) is 0 Å². The zero-order valence-electron chi connectivity index (χ0n) is 14.9. The van der Waals surface area contributed by atoms with Crippen LogP contribution in [0.5, 0.6) is 0 Å². The van der Waals surface area contributed by atoms with Crippen LogP contribution < -0.4 is 10.6 Å². The number of amides is 1. The molecule has 1 amide bonds. The standard InChI is InChI=1S/C21H22N4O/c1-3-16-9-7-8-12-19(16)25-21-22-13-18(14-23-21)20(26)24-15(2)17-10-5-4-6-11-17/h4-15H,3H2,1-2H3,(H,24,26)(H,22,23,25). The van der Waals surface area contributed by atoms with Gasteiger partial charge in [0.1, 0.15) is 0 Å². The molecule has 3 aromatic rings. The van der Waals surface area contributed by atoms with E-state index in [9.17, 15) is 4.79 Å². The second-order valence-corrected chi connectivity index (χ2v) is 6.04. The molecule has 0 bridgehead atoms. The Morgan fingerprint density at radius 1 is 1.00 bits per heavy atom. The van der Waals surface area contributed by atoms with Crippen LogP contribution in [-0.2, 0) is 6.42 Å². The lowest BCUT2D eigenvalue weighted by Gasteiger charge is -2.14. The summed E-state index contributed by atoms with van der Waals surface area (Å²) < 4.78 is 0. The number of hydrogen-bond acceptors (Lipinski definition) is 4. The lowest BCUT2D eigenvalue weighted by molar-refractivity contribution is 0.0939.